The molecule has 0 fully saturated rings. The van der Waals surface area contributed by atoms with Crippen molar-refractivity contribution in [2.45, 2.75) is 20.1 Å². The van der Waals surface area contributed by atoms with Gasteiger partial charge in [0.15, 0.2) is 11.5 Å². The van der Waals surface area contributed by atoms with Gasteiger partial charge in [0.05, 0.1) is 16.1 Å². The molecule has 0 unspecified atom stereocenters. The summed E-state index contributed by atoms with van der Waals surface area (Å²) in [5.41, 5.74) is 2.66. The number of hydrogen-bond donors (Lipinski definition) is 1. The molecule has 3 nitrogen and oxygen atoms in total. The third-order valence-electron chi connectivity index (χ3n) is 4.06. The highest BCUT2D eigenvalue weighted by Crippen LogP contribution is 2.38. The minimum Gasteiger partial charge on any atom is -0.490 e. The molecular weight excluding hydrogens is 480 g/mol. The van der Waals surface area contributed by atoms with Gasteiger partial charge < -0.3 is 14.8 Å². The molecule has 0 atom stereocenters. The van der Waals surface area contributed by atoms with Gasteiger partial charge in [0, 0.05) is 17.3 Å². The molecule has 29 heavy (non-hydrogen) atoms. The van der Waals surface area contributed by atoms with Crippen molar-refractivity contribution in [1.29, 1.82) is 0 Å². The van der Waals surface area contributed by atoms with Crippen molar-refractivity contribution in [2.75, 3.05) is 11.9 Å². The Morgan fingerprint density at radius 3 is 2.55 bits per heavy atom. The van der Waals surface area contributed by atoms with Gasteiger partial charge in [0.1, 0.15) is 12.4 Å². The molecule has 0 aliphatic rings. The molecule has 3 aromatic carbocycles. The highest BCUT2D eigenvalue weighted by molar-refractivity contribution is 9.10. The largest absolute Gasteiger partial charge is 0.490 e. The SMILES string of the molecule is CCOc1cc(CNc2ccc(F)c(Cl)c2)cc(Br)c1OCc1cccc(Cl)c1. The number of halogens is 4. The first-order chi connectivity index (χ1) is 14.0. The van der Waals surface area contributed by atoms with Crippen molar-refractivity contribution < 1.29 is 13.9 Å². The zero-order valence-corrected chi connectivity index (χ0v) is 18.7. The van der Waals surface area contributed by atoms with Crippen LogP contribution < -0.4 is 14.8 Å². The maximum Gasteiger partial charge on any atom is 0.175 e. The van der Waals surface area contributed by atoms with Crippen LogP contribution in [0.5, 0.6) is 11.5 Å². The first-order valence-electron chi connectivity index (χ1n) is 8.97. The zero-order valence-electron chi connectivity index (χ0n) is 15.6. The number of benzene rings is 3. The Labute approximate surface area is 187 Å². The predicted octanol–water partition coefficient (Wildman–Crippen LogP) is 7.48. The summed E-state index contributed by atoms with van der Waals surface area (Å²) < 4.78 is 25.9. The maximum absolute atomic E-state index is 13.3. The summed E-state index contributed by atoms with van der Waals surface area (Å²) >= 11 is 15.4. The third kappa shape index (κ3) is 6.01. The molecule has 0 aromatic heterocycles. The monoisotopic (exact) mass is 497 g/mol. The van der Waals surface area contributed by atoms with Gasteiger partial charge in [-0.25, -0.2) is 4.39 Å². The summed E-state index contributed by atoms with van der Waals surface area (Å²) in [5, 5.41) is 3.97. The fourth-order valence-electron chi connectivity index (χ4n) is 2.72. The van der Waals surface area contributed by atoms with E-state index in [1.54, 1.807) is 12.1 Å². The first-order valence-corrected chi connectivity index (χ1v) is 10.5. The Hall–Kier alpha value is -1.95. The summed E-state index contributed by atoms with van der Waals surface area (Å²) in [6, 6.07) is 15.9. The van der Waals surface area contributed by atoms with E-state index in [9.17, 15) is 4.39 Å². The van der Waals surface area contributed by atoms with Crippen molar-refractivity contribution in [2.24, 2.45) is 0 Å². The van der Waals surface area contributed by atoms with Crippen LogP contribution in [-0.4, -0.2) is 6.61 Å². The molecule has 0 heterocycles. The van der Waals surface area contributed by atoms with Gasteiger partial charge in [0.25, 0.3) is 0 Å². The van der Waals surface area contributed by atoms with Crippen LogP contribution in [-0.2, 0) is 13.2 Å². The van der Waals surface area contributed by atoms with Crippen LogP contribution in [0.15, 0.2) is 59.1 Å². The van der Waals surface area contributed by atoms with E-state index in [-0.39, 0.29) is 5.02 Å². The molecule has 3 aromatic rings. The second-order valence-electron chi connectivity index (χ2n) is 6.24. The van der Waals surface area contributed by atoms with Crippen LogP contribution in [0.3, 0.4) is 0 Å². The average molecular weight is 499 g/mol. The molecule has 3 rings (SSSR count). The second-order valence-corrected chi connectivity index (χ2v) is 7.94. The van der Waals surface area contributed by atoms with E-state index in [0.29, 0.717) is 36.3 Å². The molecular formula is C22H19BrCl2FNO2. The number of ether oxygens (including phenoxy) is 2. The van der Waals surface area contributed by atoms with Gasteiger partial charge in [-0.1, -0.05) is 35.3 Å². The van der Waals surface area contributed by atoms with Gasteiger partial charge in [-0.05, 0) is 76.4 Å². The zero-order chi connectivity index (χ0) is 20.8. The van der Waals surface area contributed by atoms with Crippen LogP contribution in [0.4, 0.5) is 10.1 Å². The van der Waals surface area contributed by atoms with Crippen LogP contribution >= 0.6 is 39.1 Å². The van der Waals surface area contributed by atoms with E-state index in [1.807, 2.05) is 43.3 Å². The van der Waals surface area contributed by atoms with E-state index in [1.165, 1.54) is 6.07 Å². The van der Waals surface area contributed by atoms with Gasteiger partial charge in [0.2, 0.25) is 0 Å². The Bertz CT molecular complexity index is 1000. The van der Waals surface area contributed by atoms with E-state index >= 15 is 0 Å². The van der Waals surface area contributed by atoms with Gasteiger partial charge in [-0.15, -0.1) is 0 Å². The smallest absolute Gasteiger partial charge is 0.175 e. The van der Waals surface area contributed by atoms with E-state index in [0.717, 1.165) is 21.3 Å². The summed E-state index contributed by atoms with van der Waals surface area (Å²) in [6.07, 6.45) is 0. The average Bonchev–Trinajstić information content (AvgIpc) is 2.68. The van der Waals surface area contributed by atoms with Gasteiger partial charge in [-0.2, -0.15) is 0 Å². The van der Waals surface area contributed by atoms with Gasteiger partial charge >= 0.3 is 0 Å². The van der Waals surface area contributed by atoms with Crippen LogP contribution in [0.1, 0.15) is 18.1 Å². The summed E-state index contributed by atoms with van der Waals surface area (Å²) in [4.78, 5) is 0. The lowest BCUT2D eigenvalue weighted by atomic mass is 10.2. The topological polar surface area (TPSA) is 30.5 Å². The molecule has 1 N–H and O–H groups in total. The summed E-state index contributed by atoms with van der Waals surface area (Å²) in [6.45, 7) is 3.30. The standard InChI is InChI=1S/C22H19BrCl2FNO2/c1-2-28-21-10-15(12-27-17-6-7-20(26)19(25)11-17)9-18(23)22(21)29-13-14-4-3-5-16(24)8-14/h3-11,27H,2,12-13H2,1H3. The number of rotatable bonds is 8. The van der Waals surface area contributed by atoms with Crippen LogP contribution in [0.25, 0.3) is 0 Å². The number of hydrogen-bond acceptors (Lipinski definition) is 3. The highest BCUT2D eigenvalue weighted by Gasteiger charge is 2.13. The molecule has 0 bridgehead atoms. The second kappa shape index (κ2) is 10.2. The molecule has 152 valence electrons. The maximum atomic E-state index is 13.3. The van der Waals surface area contributed by atoms with Crippen molar-refractivity contribution in [3.63, 3.8) is 0 Å². The number of nitrogens with one attached hydrogen (secondary N) is 1. The minimum absolute atomic E-state index is 0.0796. The van der Waals surface area contributed by atoms with Crippen molar-refractivity contribution in [3.8, 4) is 11.5 Å². The molecule has 0 saturated carbocycles. The normalized spacial score (nSPS) is 10.7. The highest BCUT2D eigenvalue weighted by atomic mass is 79.9. The third-order valence-corrected chi connectivity index (χ3v) is 5.17. The number of anilines is 1. The Balaban J connectivity index is 1.75. The van der Waals surface area contributed by atoms with Crippen molar-refractivity contribution in [3.05, 3.63) is 86.1 Å². The predicted molar refractivity (Wildman–Crippen MR) is 120 cm³/mol. The van der Waals surface area contributed by atoms with Crippen LogP contribution in [0.2, 0.25) is 10.0 Å². The molecule has 0 amide bonds. The molecule has 0 saturated heterocycles. The molecule has 0 aliphatic carbocycles. The van der Waals surface area contributed by atoms with E-state index < -0.39 is 5.82 Å². The fraction of sp³-hybridized carbons (Fsp3) is 0.182. The quantitative estimate of drug-likeness (QED) is 0.349. The van der Waals surface area contributed by atoms with Crippen molar-refractivity contribution in [1.82, 2.24) is 0 Å². The van der Waals surface area contributed by atoms with Gasteiger partial charge in [-0.3, -0.25) is 0 Å². The summed E-state index contributed by atoms with van der Waals surface area (Å²) in [7, 11) is 0. The lowest BCUT2D eigenvalue weighted by Gasteiger charge is -2.16. The molecule has 7 heteroatoms. The minimum atomic E-state index is -0.445. The lowest BCUT2D eigenvalue weighted by Crippen LogP contribution is -2.04. The first kappa shape index (κ1) is 21.8. The Morgan fingerprint density at radius 1 is 1.00 bits per heavy atom. The van der Waals surface area contributed by atoms with Crippen LogP contribution in [0, 0.1) is 5.82 Å². The molecule has 0 radical (unpaired) electrons. The molecule has 0 aliphatic heterocycles. The van der Waals surface area contributed by atoms with Crippen molar-refractivity contribution >= 4 is 44.8 Å². The fourth-order valence-corrected chi connectivity index (χ4v) is 3.72. The Kier molecular flexibility index (Phi) is 7.64. The van der Waals surface area contributed by atoms with E-state index in [2.05, 4.69) is 21.2 Å². The molecule has 0 spiro atoms. The lowest BCUT2D eigenvalue weighted by molar-refractivity contribution is 0.267. The Morgan fingerprint density at radius 2 is 1.83 bits per heavy atom. The summed E-state index contributed by atoms with van der Waals surface area (Å²) in [5.74, 6) is 0.818. The van der Waals surface area contributed by atoms with E-state index in [4.69, 9.17) is 32.7 Å².